The van der Waals surface area contributed by atoms with Gasteiger partial charge in [0.05, 0.1) is 11.8 Å². The van der Waals surface area contributed by atoms with E-state index in [9.17, 15) is 23.9 Å². The second-order valence-electron chi connectivity index (χ2n) is 11.7. The number of nitrogens with one attached hydrogen (secondary N) is 1. The molecule has 13 heteroatoms. The number of piperidine rings is 1. The van der Waals surface area contributed by atoms with Crippen molar-refractivity contribution in [3.05, 3.63) is 53.6 Å². The maximum Gasteiger partial charge on any atom is 0.328 e. The van der Waals surface area contributed by atoms with Crippen LogP contribution >= 0.6 is 0 Å². The fourth-order valence-corrected chi connectivity index (χ4v) is 5.39. The number of carbonyl (C=O) groups excluding carboxylic acids is 1. The number of carbonyl (C=O) groups is 3. The molecule has 2 heterocycles. The van der Waals surface area contributed by atoms with Gasteiger partial charge in [-0.2, -0.15) is 0 Å². The summed E-state index contributed by atoms with van der Waals surface area (Å²) in [5, 5.41) is 38.4. The topological polar surface area (TPSA) is 167 Å². The van der Waals surface area contributed by atoms with Crippen LogP contribution in [0.2, 0.25) is 0 Å². The molecule has 2 aromatic rings. The third-order valence-electron chi connectivity index (χ3n) is 7.64. The number of methoxy groups -OCH3 is 1. The van der Waals surface area contributed by atoms with Gasteiger partial charge in [-0.05, 0) is 68.4 Å². The van der Waals surface area contributed by atoms with Gasteiger partial charge in [-0.25, -0.2) is 18.7 Å². The zero-order valence-corrected chi connectivity index (χ0v) is 25.6. The normalized spacial score (nSPS) is 19.0. The van der Waals surface area contributed by atoms with Gasteiger partial charge < -0.3 is 30.3 Å². The number of ether oxygens (including phenoxy) is 1. The highest BCUT2D eigenvalue weighted by Gasteiger charge is 2.40. The average molecular weight is 618 g/mol. The van der Waals surface area contributed by atoms with Crippen LogP contribution in [0.3, 0.4) is 0 Å². The first-order valence-electron chi connectivity index (χ1n) is 15.1. The van der Waals surface area contributed by atoms with Gasteiger partial charge in [-0.1, -0.05) is 31.2 Å². The number of aliphatic hydroxyl groups is 1. The number of para-hydroxylation sites is 1. The first-order valence-corrected chi connectivity index (χ1v) is 15.1. The molecule has 1 aliphatic carbocycles. The molecule has 1 saturated heterocycles. The lowest BCUT2D eigenvalue weighted by molar-refractivity contribution is -0.134. The second-order valence-corrected chi connectivity index (χ2v) is 11.7. The van der Waals surface area contributed by atoms with E-state index in [2.05, 4.69) is 29.5 Å². The van der Waals surface area contributed by atoms with E-state index in [1.807, 2.05) is 4.90 Å². The highest BCUT2D eigenvalue weighted by molar-refractivity contribution is 5.93. The molecular weight excluding hydrogens is 573 g/mol. The summed E-state index contributed by atoms with van der Waals surface area (Å²) in [5.41, 5.74) is 1.18. The number of rotatable bonds is 14. The van der Waals surface area contributed by atoms with Gasteiger partial charge in [0.1, 0.15) is 11.5 Å². The van der Waals surface area contributed by atoms with Gasteiger partial charge >= 0.3 is 11.9 Å². The molecule has 4 N–H and O–H groups in total. The fourth-order valence-electron chi connectivity index (χ4n) is 5.39. The van der Waals surface area contributed by atoms with Crippen LogP contribution in [0.5, 0.6) is 0 Å². The summed E-state index contributed by atoms with van der Waals surface area (Å²) >= 11 is 0. The number of unbranched alkanes of at least 4 members (excludes halogenated alkanes) is 1. The molecule has 1 unspecified atom stereocenters. The first kappa shape index (κ1) is 34.8. The zero-order valence-electron chi connectivity index (χ0n) is 25.6. The summed E-state index contributed by atoms with van der Waals surface area (Å²) in [6.45, 7) is 6.82. The predicted octanol–water partition coefficient (Wildman–Crippen LogP) is 2.93. The Balaban J connectivity index is 0.000000583. The largest absolute Gasteiger partial charge is 0.478 e. The van der Waals surface area contributed by atoms with Gasteiger partial charge in [-0.15, -0.1) is 5.10 Å². The molecule has 1 saturated carbocycles. The molecule has 1 aliphatic heterocycles. The third-order valence-corrected chi connectivity index (χ3v) is 7.64. The van der Waals surface area contributed by atoms with Crippen molar-refractivity contribution in [2.45, 2.75) is 64.5 Å². The Kier molecular flexibility index (Phi) is 13.4. The molecule has 0 spiro atoms. The van der Waals surface area contributed by atoms with Gasteiger partial charge in [0.25, 0.3) is 5.91 Å². The number of carboxylic acid groups (broad SMARTS) is 2. The van der Waals surface area contributed by atoms with E-state index in [0.29, 0.717) is 49.9 Å². The number of amides is 1. The predicted molar refractivity (Wildman–Crippen MR) is 160 cm³/mol. The summed E-state index contributed by atoms with van der Waals surface area (Å²) < 4.78 is 21.3. The lowest BCUT2D eigenvalue weighted by atomic mass is 9.87. The highest BCUT2D eigenvalue weighted by atomic mass is 19.1. The zero-order chi connectivity index (χ0) is 32.2. The second kappa shape index (κ2) is 17.0. The quantitative estimate of drug-likeness (QED) is 0.183. The first-order chi connectivity index (χ1) is 21.0. The van der Waals surface area contributed by atoms with Crippen LogP contribution < -0.4 is 5.32 Å². The van der Waals surface area contributed by atoms with Crippen LogP contribution in [-0.2, 0) is 20.7 Å². The number of nitrogens with zero attached hydrogens (tertiary/aromatic N) is 4. The smallest absolute Gasteiger partial charge is 0.328 e. The number of carboxylic acids is 2. The summed E-state index contributed by atoms with van der Waals surface area (Å²) in [5.74, 6) is -2.33. The van der Waals surface area contributed by atoms with Crippen LogP contribution in [0.4, 0.5) is 4.39 Å². The van der Waals surface area contributed by atoms with E-state index < -0.39 is 17.8 Å². The van der Waals surface area contributed by atoms with Crippen molar-refractivity contribution >= 4 is 17.8 Å². The maximum atomic E-state index is 14.7. The van der Waals surface area contributed by atoms with Crippen molar-refractivity contribution in [2.24, 2.45) is 17.8 Å². The molecule has 0 radical (unpaired) electrons. The van der Waals surface area contributed by atoms with E-state index in [-0.39, 0.29) is 41.3 Å². The summed E-state index contributed by atoms with van der Waals surface area (Å²) in [6, 6.07) is 6.37. The van der Waals surface area contributed by atoms with Gasteiger partial charge in [0.2, 0.25) is 0 Å². The molecule has 0 bridgehead atoms. The van der Waals surface area contributed by atoms with Crippen LogP contribution in [0.1, 0.15) is 62.1 Å². The third kappa shape index (κ3) is 10.2. The van der Waals surface area contributed by atoms with Crippen molar-refractivity contribution < 1.29 is 38.8 Å². The number of benzene rings is 1. The van der Waals surface area contributed by atoms with Crippen LogP contribution in [-0.4, -0.2) is 98.6 Å². The Bertz CT molecular complexity index is 1260. The fraction of sp³-hybridized carbons (Fsp3) is 0.581. The number of halogens is 1. The lowest BCUT2D eigenvalue weighted by Gasteiger charge is -2.40. The summed E-state index contributed by atoms with van der Waals surface area (Å²) in [7, 11) is 1.66. The molecule has 2 fully saturated rings. The lowest BCUT2D eigenvalue weighted by Crippen LogP contribution is -2.54. The molecular formula is C31H44FN5O7. The molecule has 2 aliphatic rings. The minimum Gasteiger partial charge on any atom is -0.478 e. The Labute approximate surface area is 256 Å². The minimum absolute atomic E-state index is 0.0491. The molecule has 4 rings (SSSR count). The molecule has 242 valence electrons. The van der Waals surface area contributed by atoms with E-state index >= 15 is 0 Å². The van der Waals surface area contributed by atoms with Crippen molar-refractivity contribution in [2.75, 3.05) is 33.4 Å². The molecule has 44 heavy (non-hydrogen) atoms. The van der Waals surface area contributed by atoms with Gasteiger partial charge in [0.15, 0.2) is 5.69 Å². The van der Waals surface area contributed by atoms with Gasteiger partial charge in [0, 0.05) is 51.5 Å². The molecule has 12 nitrogen and oxygen atoms in total. The van der Waals surface area contributed by atoms with E-state index in [4.69, 9.17) is 14.9 Å². The Morgan fingerprint density at radius 1 is 1.11 bits per heavy atom. The van der Waals surface area contributed by atoms with Crippen molar-refractivity contribution in [1.82, 2.24) is 25.2 Å². The molecule has 1 amide bonds. The maximum absolute atomic E-state index is 14.7. The van der Waals surface area contributed by atoms with E-state index in [1.54, 1.807) is 25.3 Å². The number of hydrogen-bond acceptors (Lipinski definition) is 8. The Morgan fingerprint density at radius 3 is 2.39 bits per heavy atom. The van der Waals surface area contributed by atoms with E-state index in [1.165, 1.54) is 10.7 Å². The monoisotopic (exact) mass is 617 g/mol. The molecule has 1 aromatic carbocycles. The number of aromatic nitrogens is 3. The Morgan fingerprint density at radius 2 is 1.80 bits per heavy atom. The Hall–Kier alpha value is -3.68. The number of aliphatic hydroxyl groups excluding tert-OH is 1. The van der Waals surface area contributed by atoms with Crippen LogP contribution in [0.25, 0.3) is 5.69 Å². The van der Waals surface area contributed by atoms with Crippen LogP contribution in [0.15, 0.2) is 36.4 Å². The van der Waals surface area contributed by atoms with Crippen molar-refractivity contribution in [1.29, 1.82) is 0 Å². The molecule has 3 atom stereocenters. The van der Waals surface area contributed by atoms with Crippen molar-refractivity contribution in [3.8, 4) is 5.69 Å². The standard InChI is InChI=1S/C27H40FN5O3.C4H4O4/c1-18(2)17-32(21-14-20(15-29-16-21)26(34)19-11-12-19)27(35)25-24(10-6-7-13-36-3)33(31-30-25)23-9-5-4-8-22(23)28;5-3(6)1-2-4(7)8/h4-5,8-9,18-21,26,29,34H,6-7,10-17H2,1-3H3;1-2H,(H,5,6)(H,7,8)/t20-,21+,26?;/m1./s1. The minimum atomic E-state index is -1.26. The van der Waals surface area contributed by atoms with Crippen LogP contribution in [0, 0.1) is 23.6 Å². The van der Waals surface area contributed by atoms with Crippen molar-refractivity contribution in [3.63, 3.8) is 0 Å². The van der Waals surface area contributed by atoms with E-state index in [0.717, 1.165) is 38.6 Å². The number of aliphatic carboxylic acids is 2. The SMILES string of the molecule is COCCCCc1c(C(=O)N(CC(C)C)[C@@H]2CNC[C@H](C(O)C3CC3)C2)nnn1-c1ccccc1F.O=C(O)C=CC(=O)O. The summed E-state index contributed by atoms with van der Waals surface area (Å²) in [6.07, 6.45) is 5.84. The highest BCUT2D eigenvalue weighted by Crippen LogP contribution is 2.38. The summed E-state index contributed by atoms with van der Waals surface area (Å²) in [4.78, 5) is 35.1. The number of hydrogen-bond donors (Lipinski definition) is 4. The van der Waals surface area contributed by atoms with Gasteiger partial charge in [-0.3, -0.25) is 4.79 Å². The molecule has 1 aromatic heterocycles. The average Bonchev–Trinajstić information content (AvgIpc) is 3.76.